The van der Waals surface area contributed by atoms with Crippen molar-refractivity contribution in [3.05, 3.63) is 45.0 Å². The molecular weight excluding hydrogens is 334 g/mol. The molecule has 0 aliphatic heterocycles. The summed E-state index contributed by atoms with van der Waals surface area (Å²) in [7, 11) is 0. The first-order chi connectivity index (χ1) is 8.04. The molecule has 0 atom stereocenters. The van der Waals surface area contributed by atoms with Crippen LogP contribution in [-0.2, 0) is 0 Å². The van der Waals surface area contributed by atoms with Gasteiger partial charge in [0.2, 0.25) is 11.2 Å². The van der Waals surface area contributed by atoms with Gasteiger partial charge in [-0.25, -0.2) is 9.37 Å². The molecule has 0 spiro atoms. The number of halogens is 4. The monoisotopic (exact) mass is 336 g/mol. The largest absolute Gasteiger partial charge is 0.437 e. The van der Waals surface area contributed by atoms with Crippen molar-refractivity contribution in [1.82, 2.24) is 9.97 Å². The molecule has 7 heteroatoms. The first-order valence-electron chi connectivity index (χ1n) is 4.36. The second-order valence-corrected chi connectivity index (χ2v) is 4.66. The minimum absolute atomic E-state index is 0.000122. The van der Waals surface area contributed by atoms with Gasteiger partial charge in [0.15, 0.2) is 0 Å². The fourth-order valence-electron chi connectivity index (χ4n) is 1.10. The van der Waals surface area contributed by atoms with Gasteiger partial charge in [0.1, 0.15) is 16.6 Å². The van der Waals surface area contributed by atoms with E-state index in [0.717, 1.165) is 0 Å². The van der Waals surface area contributed by atoms with Crippen LogP contribution in [-0.4, -0.2) is 9.97 Å². The lowest BCUT2D eigenvalue weighted by Gasteiger charge is -2.06. The number of hydrogen-bond acceptors (Lipinski definition) is 3. The van der Waals surface area contributed by atoms with Crippen LogP contribution in [0.15, 0.2) is 28.9 Å². The van der Waals surface area contributed by atoms with Gasteiger partial charge in [-0.3, -0.25) is 0 Å². The van der Waals surface area contributed by atoms with Crippen LogP contribution in [0.25, 0.3) is 0 Å². The van der Waals surface area contributed by atoms with Crippen molar-refractivity contribution < 1.29 is 9.13 Å². The first kappa shape index (κ1) is 12.5. The zero-order chi connectivity index (χ0) is 12.4. The van der Waals surface area contributed by atoms with Crippen LogP contribution >= 0.6 is 39.1 Å². The lowest BCUT2D eigenvalue weighted by molar-refractivity contribution is 0.456. The van der Waals surface area contributed by atoms with E-state index in [0.29, 0.717) is 4.47 Å². The van der Waals surface area contributed by atoms with Gasteiger partial charge in [-0.1, -0.05) is 27.5 Å². The molecule has 0 unspecified atom stereocenters. The highest BCUT2D eigenvalue weighted by atomic mass is 79.9. The number of rotatable bonds is 2. The average molecular weight is 338 g/mol. The Balaban J connectivity index is 2.34. The first-order valence-corrected chi connectivity index (χ1v) is 5.91. The van der Waals surface area contributed by atoms with Crippen molar-refractivity contribution in [2.45, 2.75) is 0 Å². The van der Waals surface area contributed by atoms with E-state index in [1.54, 1.807) is 6.07 Å². The quantitative estimate of drug-likeness (QED) is 0.758. The van der Waals surface area contributed by atoms with Gasteiger partial charge < -0.3 is 4.74 Å². The molecular formula is C10H4BrCl2FN2O. The molecule has 0 bridgehead atoms. The predicted octanol–water partition coefficient (Wildman–Crippen LogP) is 4.48. The summed E-state index contributed by atoms with van der Waals surface area (Å²) < 4.78 is 19.0. The van der Waals surface area contributed by atoms with E-state index in [-0.39, 0.29) is 21.9 Å². The Hall–Kier alpha value is -0.910. The smallest absolute Gasteiger partial charge is 0.242 e. The van der Waals surface area contributed by atoms with Crippen LogP contribution in [0.5, 0.6) is 11.6 Å². The summed E-state index contributed by atoms with van der Waals surface area (Å²) >= 11 is 14.6. The van der Waals surface area contributed by atoms with Gasteiger partial charge in [-0.05, 0) is 23.7 Å². The molecule has 0 fully saturated rings. The van der Waals surface area contributed by atoms with Crippen LogP contribution in [0.4, 0.5) is 4.39 Å². The summed E-state index contributed by atoms with van der Waals surface area (Å²) in [6.45, 7) is 0. The zero-order valence-corrected chi connectivity index (χ0v) is 11.2. The summed E-state index contributed by atoms with van der Waals surface area (Å²) in [6, 6.07) is 4.09. The second-order valence-electron chi connectivity index (χ2n) is 3.00. The molecule has 2 aromatic rings. The minimum Gasteiger partial charge on any atom is -0.437 e. The van der Waals surface area contributed by atoms with Gasteiger partial charge in [-0.2, -0.15) is 4.98 Å². The molecule has 1 aromatic heterocycles. The Morgan fingerprint density at radius 3 is 2.71 bits per heavy atom. The van der Waals surface area contributed by atoms with E-state index in [9.17, 15) is 4.39 Å². The standard InChI is InChI=1S/C10H4BrCl2FN2O/c11-5-1-6(14)3-7(2-5)17-9-8(12)4-15-10(13)16-9/h1-4H. The Labute approximate surface area is 115 Å². The highest BCUT2D eigenvalue weighted by molar-refractivity contribution is 9.10. The van der Waals surface area contributed by atoms with Crippen LogP contribution in [0.2, 0.25) is 10.3 Å². The SMILES string of the molecule is Fc1cc(Br)cc(Oc2nc(Cl)ncc2Cl)c1. The highest BCUT2D eigenvalue weighted by Crippen LogP contribution is 2.29. The summed E-state index contributed by atoms with van der Waals surface area (Å²) in [4.78, 5) is 7.46. The Morgan fingerprint density at radius 2 is 2.00 bits per heavy atom. The van der Waals surface area contributed by atoms with Gasteiger partial charge >= 0.3 is 0 Å². The van der Waals surface area contributed by atoms with E-state index in [4.69, 9.17) is 27.9 Å². The molecule has 0 amide bonds. The van der Waals surface area contributed by atoms with Crippen molar-refractivity contribution in [3.63, 3.8) is 0 Å². The third-order valence-corrected chi connectivity index (χ3v) is 2.63. The summed E-state index contributed by atoms with van der Waals surface area (Å²) in [5.41, 5.74) is 0. The molecule has 0 saturated carbocycles. The van der Waals surface area contributed by atoms with E-state index in [2.05, 4.69) is 25.9 Å². The number of hydrogen-bond donors (Lipinski definition) is 0. The molecule has 3 nitrogen and oxygen atoms in total. The maximum absolute atomic E-state index is 13.1. The van der Waals surface area contributed by atoms with Crippen molar-refractivity contribution in [1.29, 1.82) is 0 Å². The third kappa shape index (κ3) is 3.28. The summed E-state index contributed by atoms with van der Waals surface area (Å²) in [6.07, 6.45) is 1.31. The molecule has 1 aromatic carbocycles. The Kier molecular flexibility index (Phi) is 3.81. The molecule has 88 valence electrons. The zero-order valence-electron chi connectivity index (χ0n) is 8.12. The van der Waals surface area contributed by atoms with E-state index < -0.39 is 5.82 Å². The molecule has 0 aliphatic carbocycles. The van der Waals surface area contributed by atoms with Crippen molar-refractivity contribution in [2.75, 3.05) is 0 Å². The fraction of sp³-hybridized carbons (Fsp3) is 0. The van der Waals surface area contributed by atoms with Crippen LogP contribution in [0.3, 0.4) is 0 Å². The normalized spacial score (nSPS) is 10.4. The molecule has 0 N–H and O–H groups in total. The third-order valence-electron chi connectivity index (χ3n) is 1.73. The van der Waals surface area contributed by atoms with E-state index >= 15 is 0 Å². The molecule has 2 rings (SSSR count). The molecule has 17 heavy (non-hydrogen) atoms. The molecule has 0 radical (unpaired) electrons. The Bertz CT molecular complexity index is 548. The predicted molar refractivity (Wildman–Crippen MR) is 66.2 cm³/mol. The number of ether oxygens (including phenoxy) is 1. The minimum atomic E-state index is -0.439. The van der Waals surface area contributed by atoms with Crippen LogP contribution in [0.1, 0.15) is 0 Å². The van der Waals surface area contributed by atoms with E-state index in [1.165, 1.54) is 18.3 Å². The van der Waals surface area contributed by atoms with Gasteiger partial charge in [-0.15, -0.1) is 0 Å². The topological polar surface area (TPSA) is 35.0 Å². The number of benzene rings is 1. The van der Waals surface area contributed by atoms with Crippen LogP contribution in [0, 0.1) is 5.82 Å². The van der Waals surface area contributed by atoms with Gasteiger partial charge in [0, 0.05) is 10.5 Å². The number of aromatic nitrogens is 2. The van der Waals surface area contributed by atoms with Gasteiger partial charge in [0.25, 0.3) is 0 Å². The van der Waals surface area contributed by atoms with Crippen LogP contribution < -0.4 is 4.74 Å². The van der Waals surface area contributed by atoms with Gasteiger partial charge in [0.05, 0.1) is 6.20 Å². The van der Waals surface area contributed by atoms with Crippen molar-refractivity contribution >= 4 is 39.1 Å². The van der Waals surface area contributed by atoms with E-state index in [1.807, 2.05) is 0 Å². The van der Waals surface area contributed by atoms with Crippen molar-refractivity contribution in [2.24, 2.45) is 0 Å². The molecule has 0 aliphatic rings. The molecule has 0 saturated heterocycles. The van der Waals surface area contributed by atoms with Crippen molar-refractivity contribution in [3.8, 4) is 11.6 Å². The maximum atomic E-state index is 13.1. The highest BCUT2D eigenvalue weighted by Gasteiger charge is 2.08. The lowest BCUT2D eigenvalue weighted by atomic mass is 10.3. The number of nitrogens with zero attached hydrogens (tertiary/aromatic N) is 2. The molecule has 1 heterocycles. The average Bonchev–Trinajstić information content (AvgIpc) is 2.22. The summed E-state index contributed by atoms with van der Waals surface area (Å²) in [5, 5.41) is 0.189. The summed E-state index contributed by atoms with van der Waals surface area (Å²) in [5.74, 6) is -0.108. The Morgan fingerprint density at radius 1 is 1.24 bits per heavy atom. The lowest BCUT2D eigenvalue weighted by Crippen LogP contribution is -1.92. The maximum Gasteiger partial charge on any atom is 0.242 e. The fourth-order valence-corrected chi connectivity index (χ4v) is 1.80. The second kappa shape index (κ2) is 5.16.